The van der Waals surface area contributed by atoms with Gasteiger partial charge in [-0.1, -0.05) is 86.6 Å². The number of aromatic amines is 2. The molecule has 8 rings (SSSR count). The van der Waals surface area contributed by atoms with E-state index >= 15 is 0 Å². The van der Waals surface area contributed by atoms with E-state index in [1.165, 1.54) is 29.7 Å². The molecule has 2 atom stereocenters. The molecular formula is C49H51N2O11-. The molecule has 0 fully saturated rings. The van der Waals surface area contributed by atoms with Crippen LogP contribution >= 0.6 is 0 Å². The first kappa shape index (κ1) is 46.0. The molecule has 0 saturated carbocycles. The van der Waals surface area contributed by atoms with E-state index in [1.807, 2.05) is 67.6 Å². The Bertz CT molecular complexity index is 2680. The van der Waals surface area contributed by atoms with E-state index in [1.54, 1.807) is 38.4 Å². The van der Waals surface area contributed by atoms with Crippen molar-refractivity contribution < 1.29 is 53.8 Å². The van der Waals surface area contributed by atoms with Gasteiger partial charge in [-0.25, -0.2) is 4.79 Å². The first-order valence-electron chi connectivity index (χ1n) is 20.2. The van der Waals surface area contributed by atoms with Gasteiger partial charge in [0.15, 0.2) is 0 Å². The van der Waals surface area contributed by atoms with Gasteiger partial charge in [-0.3, -0.25) is 9.59 Å². The molecular weight excluding hydrogens is 793 g/mol. The number of carbonyl (C=O) groups excluding carboxylic acids is 1. The number of aromatic nitrogens is 2. The lowest BCUT2D eigenvalue weighted by Crippen LogP contribution is -2.37. The molecule has 0 radical (unpaired) electrons. The Balaban J connectivity index is 0.000000161. The highest BCUT2D eigenvalue weighted by Crippen LogP contribution is 2.42. The molecule has 13 heteroatoms. The summed E-state index contributed by atoms with van der Waals surface area (Å²) in [6.45, 7) is 6.39. The molecule has 0 spiro atoms. The second-order valence-corrected chi connectivity index (χ2v) is 14.6. The molecule has 13 nitrogen and oxygen atoms in total. The largest absolute Gasteiger partial charge is 0.550 e. The normalized spacial score (nSPS) is 14.5. The summed E-state index contributed by atoms with van der Waals surface area (Å²) in [6, 6.07) is 31.8. The molecule has 2 aromatic heterocycles. The quantitative estimate of drug-likeness (QED) is 0.0836. The minimum absolute atomic E-state index is 0.00474. The monoisotopic (exact) mass is 843 g/mol. The molecule has 0 saturated heterocycles. The summed E-state index contributed by atoms with van der Waals surface area (Å²) in [5, 5.41) is 41.5. The number of methoxy groups -OCH3 is 2. The van der Waals surface area contributed by atoms with Crippen molar-refractivity contribution in [2.75, 3.05) is 20.8 Å². The molecule has 1 aliphatic heterocycles. The number of benzene rings is 5. The Morgan fingerprint density at radius 3 is 2.16 bits per heavy atom. The minimum Gasteiger partial charge on any atom is -0.550 e. The number of para-hydroxylation sites is 3. The zero-order valence-corrected chi connectivity index (χ0v) is 35.3. The molecule has 324 valence electrons. The van der Waals surface area contributed by atoms with Gasteiger partial charge in [0.2, 0.25) is 0 Å². The van der Waals surface area contributed by atoms with Gasteiger partial charge >= 0.3 is 17.9 Å². The van der Waals surface area contributed by atoms with E-state index in [2.05, 4.69) is 35.1 Å². The highest BCUT2D eigenvalue weighted by atomic mass is 16.5. The number of carbonyl (C=O) groups is 4. The number of fused-ring (bicyclic) bond motifs is 5. The zero-order chi connectivity index (χ0) is 45.0. The molecule has 3 heterocycles. The van der Waals surface area contributed by atoms with Gasteiger partial charge in [-0.15, -0.1) is 0 Å². The first-order valence-corrected chi connectivity index (χ1v) is 20.2. The van der Waals surface area contributed by atoms with Crippen LogP contribution in [0, 0.1) is 0 Å². The van der Waals surface area contributed by atoms with Crippen LogP contribution in [0.3, 0.4) is 0 Å². The van der Waals surface area contributed by atoms with E-state index in [-0.39, 0.29) is 18.4 Å². The number of hydrogen-bond acceptors (Lipinski definition) is 8. The van der Waals surface area contributed by atoms with Crippen LogP contribution in [0.15, 0.2) is 109 Å². The van der Waals surface area contributed by atoms with Crippen molar-refractivity contribution >= 4 is 56.5 Å². The Morgan fingerprint density at radius 1 is 0.823 bits per heavy atom. The lowest BCUT2D eigenvalue weighted by molar-refractivity contribution is -0.304. The van der Waals surface area contributed by atoms with E-state index in [0.29, 0.717) is 18.8 Å². The summed E-state index contributed by atoms with van der Waals surface area (Å²) >= 11 is 0. The van der Waals surface area contributed by atoms with Gasteiger partial charge in [-0.2, -0.15) is 0 Å². The average Bonchev–Trinajstić information content (AvgIpc) is 3.88. The van der Waals surface area contributed by atoms with Crippen molar-refractivity contribution in [2.45, 2.75) is 64.4 Å². The van der Waals surface area contributed by atoms with Crippen molar-refractivity contribution in [3.05, 3.63) is 143 Å². The van der Waals surface area contributed by atoms with Crippen LogP contribution in [0.5, 0.6) is 11.5 Å². The molecule has 7 aromatic rings. The Kier molecular flexibility index (Phi) is 15.5. The topological polar surface area (TPSA) is 211 Å². The molecule has 5 N–H and O–H groups in total. The lowest BCUT2D eigenvalue weighted by Gasteiger charge is -2.35. The number of rotatable bonds is 11. The minimum atomic E-state index is -1.05. The van der Waals surface area contributed by atoms with Crippen molar-refractivity contribution in [3.63, 3.8) is 0 Å². The molecule has 62 heavy (non-hydrogen) atoms. The fraction of sp³-hybridized carbons (Fsp3) is 0.265. The SMILES string of the molecule is CCc1cccc2c3c([nH]c12)C(CC)(CC(=O)O)OCC3.COc1ccc2cc(C(C)C(=O)O)ccc2c1.COc1ccccc1C(=O)O.O=C([O-])Cc1c[nH]c2ccccc12. The molecule has 0 amide bonds. The number of ether oxygens (including phenoxy) is 3. The maximum absolute atomic E-state index is 11.3. The van der Waals surface area contributed by atoms with Crippen LogP contribution in [-0.4, -0.2) is 70.0 Å². The van der Waals surface area contributed by atoms with Gasteiger partial charge in [-0.05, 0) is 89.5 Å². The van der Waals surface area contributed by atoms with E-state index in [0.717, 1.165) is 62.6 Å². The number of carboxylic acid groups (broad SMARTS) is 4. The highest BCUT2D eigenvalue weighted by molar-refractivity contribution is 5.91. The van der Waals surface area contributed by atoms with Crippen LogP contribution in [0.2, 0.25) is 0 Å². The maximum Gasteiger partial charge on any atom is 0.339 e. The summed E-state index contributed by atoms with van der Waals surface area (Å²) in [5.41, 5.74) is 6.62. The molecule has 5 aromatic carbocycles. The summed E-state index contributed by atoms with van der Waals surface area (Å²) < 4.78 is 15.9. The number of aryl methyl sites for hydroxylation is 1. The summed E-state index contributed by atoms with van der Waals surface area (Å²) in [5.74, 6) is -2.94. The van der Waals surface area contributed by atoms with Gasteiger partial charge < -0.3 is 49.4 Å². The van der Waals surface area contributed by atoms with E-state index < -0.39 is 35.4 Å². The summed E-state index contributed by atoms with van der Waals surface area (Å²) in [6.07, 6.45) is 4.12. The third kappa shape index (κ3) is 10.8. The standard InChI is InChI=1S/C17H21NO3.C14H14O3.C10H9NO2.C8H8O3/c1-3-11-6-5-7-12-13-8-9-21-17(4-2,10-14(19)20)16(13)18-15(11)12;1-9(14(15)16)10-3-4-12-8-13(17-2)6-5-11(12)7-10;12-10(13)5-7-6-11-9-4-2-1-3-8(7)9;1-11-7-5-3-2-4-6(7)8(9)10/h5-7,18H,3-4,8-10H2,1-2H3,(H,19,20);3-9H,1-2H3,(H,15,16);1-4,6,11H,5H2,(H,12,13);2-5H,1H3,(H,9,10)/p-1. The summed E-state index contributed by atoms with van der Waals surface area (Å²) in [4.78, 5) is 49.6. The van der Waals surface area contributed by atoms with Crippen molar-refractivity contribution in [2.24, 2.45) is 0 Å². The Hall–Kier alpha value is -7.12. The van der Waals surface area contributed by atoms with Gasteiger partial charge in [0, 0.05) is 40.4 Å². The van der Waals surface area contributed by atoms with Crippen LogP contribution in [-0.2, 0) is 44.0 Å². The van der Waals surface area contributed by atoms with Crippen LogP contribution in [0.25, 0.3) is 32.6 Å². The summed E-state index contributed by atoms with van der Waals surface area (Å²) in [7, 11) is 3.07. The predicted octanol–water partition coefficient (Wildman–Crippen LogP) is 8.27. The number of aromatic carboxylic acids is 1. The second-order valence-electron chi connectivity index (χ2n) is 14.6. The molecule has 1 aliphatic rings. The number of hydrogen-bond donors (Lipinski definition) is 5. The van der Waals surface area contributed by atoms with E-state index in [4.69, 9.17) is 24.4 Å². The van der Waals surface area contributed by atoms with Crippen molar-refractivity contribution in [1.29, 1.82) is 0 Å². The first-order chi connectivity index (χ1) is 29.7. The van der Waals surface area contributed by atoms with Crippen molar-refractivity contribution in [3.8, 4) is 11.5 Å². The van der Waals surface area contributed by atoms with Gasteiger partial charge in [0.1, 0.15) is 22.7 Å². The second kappa shape index (κ2) is 20.9. The van der Waals surface area contributed by atoms with Crippen LogP contribution < -0.4 is 14.6 Å². The molecule has 0 bridgehead atoms. The fourth-order valence-electron chi connectivity index (χ4n) is 7.52. The molecule has 0 aliphatic carbocycles. The number of carboxylic acids is 4. The number of H-pyrrole nitrogens is 2. The Morgan fingerprint density at radius 2 is 1.52 bits per heavy atom. The third-order valence-corrected chi connectivity index (χ3v) is 10.9. The average molecular weight is 844 g/mol. The Labute approximate surface area is 358 Å². The fourth-order valence-corrected chi connectivity index (χ4v) is 7.52. The third-order valence-electron chi connectivity index (χ3n) is 10.9. The van der Waals surface area contributed by atoms with Crippen LogP contribution in [0.1, 0.15) is 77.8 Å². The lowest BCUT2D eigenvalue weighted by atomic mass is 9.86. The van der Waals surface area contributed by atoms with Gasteiger partial charge in [0.25, 0.3) is 0 Å². The highest BCUT2D eigenvalue weighted by Gasteiger charge is 2.41. The number of aliphatic carboxylic acids is 3. The predicted molar refractivity (Wildman–Crippen MR) is 235 cm³/mol. The van der Waals surface area contributed by atoms with Crippen molar-refractivity contribution in [1.82, 2.24) is 9.97 Å². The number of nitrogens with one attached hydrogen (secondary N) is 2. The maximum atomic E-state index is 11.3. The van der Waals surface area contributed by atoms with E-state index in [9.17, 15) is 29.4 Å². The van der Waals surface area contributed by atoms with Crippen LogP contribution in [0.4, 0.5) is 0 Å². The molecule has 2 unspecified atom stereocenters. The van der Waals surface area contributed by atoms with Gasteiger partial charge in [0.05, 0.1) is 38.9 Å². The zero-order valence-electron chi connectivity index (χ0n) is 35.3. The smallest absolute Gasteiger partial charge is 0.339 e.